The SMILES string of the molecule is N=S1(=O)CCc2c1ccc1nccc(N)c21. The van der Waals surface area contributed by atoms with Crippen molar-refractivity contribution in [3.8, 4) is 0 Å². The molecule has 82 valence electrons. The molecule has 0 bridgehead atoms. The molecule has 1 unspecified atom stereocenters. The summed E-state index contributed by atoms with van der Waals surface area (Å²) in [5, 5.41) is 0.873. The van der Waals surface area contributed by atoms with Crippen LogP contribution in [-0.4, -0.2) is 14.9 Å². The molecule has 0 spiro atoms. The number of anilines is 1. The number of rotatable bonds is 0. The topological polar surface area (TPSA) is 79.8 Å². The highest BCUT2D eigenvalue weighted by Crippen LogP contribution is 2.34. The molecule has 0 amide bonds. The second-order valence-electron chi connectivity index (χ2n) is 3.97. The molecule has 1 aliphatic heterocycles. The van der Waals surface area contributed by atoms with Crippen molar-refractivity contribution in [1.82, 2.24) is 4.98 Å². The number of nitrogens with zero attached hydrogens (tertiary/aromatic N) is 1. The quantitative estimate of drug-likeness (QED) is 0.727. The van der Waals surface area contributed by atoms with E-state index < -0.39 is 9.73 Å². The molecule has 1 atom stereocenters. The number of nitrogens with one attached hydrogen (secondary N) is 1. The van der Waals surface area contributed by atoms with E-state index in [1.165, 1.54) is 0 Å². The molecule has 2 aromatic rings. The van der Waals surface area contributed by atoms with Crippen LogP contribution >= 0.6 is 0 Å². The van der Waals surface area contributed by atoms with E-state index in [0.717, 1.165) is 16.5 Å². The predicted molar refractivity (Wildman–Crippen MR) is 63.9 cm³/mol. The Kier molecular flexibility index (Phi) is 1.77. The van der Waals surface area contributed by atoms with E-state index in [-0.39, 0.29) is 0 Å². The number of nitrogens with two attached hydrogens (primary N) is 1. The van der Waals surface area contributed by atoms with E-state index in [9.17, 15) is 4.21 Å². The summed E-state index contributed by atoms with van der Waals surface area (Å²) >= 11 is 0. The van der Waals surface area contributed by atoms with Gasteiger partial charge in [-0.15, -0.1) is 0 Å². The highest BCUT2D eigenvalue weighted by molar-refractivity contribution is 7.92. The number of fused-ring (bicyclic) bond motifs is 3. The van der Waals surface area contributed by atoms with Crippen LogP contribution in [0.5, 0.6) is 0 Å². The van der Waals surface area contributed by atoms with Gasteiger partial charge in [-0.1, -0.05) is 0 Å². The van der Waals surface area contributed by atoms with Gasteiger partial charge in [0.1, 0.15) is 0 Å². The summed E-state index contributed by atoms with van der Waals surface area (Å²) in [4.78, 5) is 4.87. The smallest absolute Gasteiger partial charge is 0.0732 e. The molecule has 4 nitrogen and oxygen atoms in total. The first kappa shape index (κ1) is 9.59. The zero-order valence-electron chi connectivity index (χ0n) is 8.56. The van der Waals surface area contributed by atoms with Crippen molar-refractivity contribution in [2.45, 2.75) is 11.3 Å². The van der Waals surface area contributed by atoms with Gasteiger partial charge in [0.25, 0.3) is 0 Å². The first-order valence-corrected chi connectivity index (χ1v) is 6.75. The minimum absolute atomic E-state index is 0.399. The Morgan fingerprint density at radius 3 is 3.00 bits per heavy atom. The van der Waals surface area contributed by atoms with E-state index in [2.05, 4.69) is 4.98 Å². The fraction of sp³-hybridized carbons (Fsp3) is 0.182. The lowest BCUT2D eigenvalue weighted by Crippen LogP contribution is -1.96. The summed E-state index contributed by atoms with van der Waals surface area (Å²) < 4.78 is 19.7. The third-order valence-corrected chi connectivity index (χ3v) is 4.87. The molecule has 3 N–H and O–H groups in total. The van der Waals surface area contributed by atoms with E-state index in [4.69, 9.17) is 10.5 Å². The summed E-state index contributed by atoms with van der Waals surface area (Å²) in [6.07, 6.45) is 2.32. The van der Waals surface area contributed by atoms with Gasteiger partial charge in [0.15, 0.2) is 0 Å². The molecule has 0 aliphatic carbocycles. The maximum atomic E-state index is 12.0. The molecule has 0 fully saturated rings. The maximum Gasteiger partial charge on any atom is 0.0732 e. The molecule has 0 radical (unpaired) electrons. The van der Waals surface area contributed by atoms with Crippen molar-refractivity contribution in [1.29, 1.82) is 4.78 Å². The van der Waals surface area contributed by atoms with Crippen molar-refractivity contribution in [2.75, 3.05) is 11.5 Å². The lowest BCUT2D eigenvalue weighted by molar-refractivity contribution is 0.677. The third-order valence-electron chi connectivity index (χ3n) is 3.00. The predicted octanol–water partition coefficient (Wildman–Crippen LogP) is 1.78. The van der Waals surface area contributed by atoms with Crippen LogP contribution < -0.4 is 5.73 Å². The average Bonchev–Trinajstić information content (AvgIpc) is 2.55. The average molecular weight is 233 g/mol. The lowest BCUT2D eigenvalue weighted by Gasteiger charge is -2.06. The van der Waals surface area contributed by atoms with Gasteiger partial charge in [-0.3, -0.25) is 4.98 Å². The van der Waals surface area contributed by atoms with Gasteiger partial charge in [-0.25, -0.2) is 8.99 Å². The van der Waals surface area contributed by atoms with Crippen molar-refractivity contribution in [2.24, 2.45) is 0 Å². The summed E-state index contributed by atoms with van der Waals surface area (Å²) in [6, 6.07) is 5.29. The molecule has 1 aliphatic rings. The zero-order chi connectivity index (χ0) is 11.3. The second-order valence-corrected chi connectivity index (χ2v) is 6.16. The fourth-order valence-electron chi connectivity index (χ4n) is 2.24. The highest BCUT2D eigenvalue weighted by Gasteiger charge is 2.25. The molecule has 0 saturated carbocycles. The number of hydrogen-bond acceptors (Lipinski definition) is 4. The summed E-state index contributed by atoms with van der Waals surface area (Å²) in [5.74, 6) is 0.399. The van der Waals surface area contributed by atoms with Crippen LogP contribution in [0, 0.1) is 4.78 Å². The monoisotopic (exact) mass is 233 g/mol. The van der Waals surface area contributed by atoms with Crippen LogP contribution in [0.2, 0.25) is 0 Å². The third kappa shape index (κ3) is 1.15. The molecule has 2 heterocycles. The number of nitrogen functional groups attached to an aromatic ring is 1. The van der Waals surface area contributed by atoms with E-state index in [1.54, 1.807) is 24.4 Å². The maximum absolute atomic E-state index is 12.0. The minimum Gasteiger partial charge on any atom is -0.398 e. The molecular formula is C11H11N3OS. The Morgan fingerprint density at radius 2 is 2.19 bits per heavy atom. The van der Waals surface area contributed by atoms with E-state index in [1.807, 2.05) is 0 Å². The van der Waals surface area contributed by atoms with Crippen molar-refractivity contribution >= 4 is 26.3 Å². The van der Waals surface area contributed by atoms with Crippen molar-refractivity contribution in [3.05, 3.63) is 30.0 Å². The number of pyridine rings is 1. The Labute approximate surface area is 93.5 Å². The van der Waals surface area contributed by atoms with E-state index >= 15 is 0 Å². The lowest BCUT2D eigenvalue weighted by atomic mass is 10.1. The number of aryl methyl sites for hydroxylation is 1. The van der Waals surface area contributed by atoms with Gasteiger partial charge >= 0.3 is 0 Å². The Balaban J connectivity index is 2.52. The molecule has 5 heteroatoms. The molecule has 0 saturated heterocycles. The van der Waals surface area contributed by atoms with Crippen LogP contribution in [0.4, 0.5) is 5.69 Å². The largest absolute Gasteiger partial charge is 0.398 e. The van der Waals surface area contributed by atoms with Gasteiger partial charge < -0.3 is 5.73 Å². The van der Waals surface area contributed by atoms with Crippen LogP contribution in [0.15, 0.2) is 29.3 Å². The normalized spacial score (nSPS) is 23.5. The van der Waals surface area contributed by atoms with Crippen molar-refractivity contribution in [3.63, 3.8) is 0 Å². The van der Waals surface area contributed by atoms with Gasteiger partial charge in [0.05, 0.1) is 20.1 Å². The van der Waals surface area contributed by atoms with Crippen LogP contribution in [-0.2, 0) is 16.1 Å². The minimum atomic E-state index is -2.60. The molecule has 3 rings (SSSR count). The second kappa shape index (κ2) is 2.95. The Bertz CT molecular complexity index is 692. The molecular weight excluding hydrogens is 222 g/mol. The summed E-state index contributed by atoms with van der Waals surface area (Å²) in [6.45, 7) is 0. The Hall–Kier alpha value is -1.62. The highest BCUT2D eigenvalue weighted by atomic mass is 32.2. The summed E-state index contributed by atoms with van der Waals surface area (Å²) in [5.41, 5.74) is 8.34. The molecule has 1 aromatic carbocycles. The van der Waals surface area contributed by atoms with Gasteiger partial charge in [-0.2, -0.15) is 0 Å². The molecule has 1 aromatic heterocycles. The number of hydrogen-bond donors (Lipinski definition) is 2. The van der Waals surface area contributed by atoms with Crippen LogP contribution in [0.1, 0.15) is 5.56 Å². The first-order chi connectivity index (χ1) is 7.59. The fourth-order valence-corrected chi connectivity index (χ4v) is 3.84. The number of benzene rings is 1. The van der Waals surface area contributed by atoms with Crippen LogP contribution in [0.25, 0.3) is 10.9 Å². The van der Waals surface area contributed by atoms with Gasteiger partial charge in [-0.05, 0) is 30.2 Å². The van der Waals surface area contributed by atoms with E-state index in [0.29, 0.717) is 22.8 Å². The van der Waals surface area contributed by atoms with Gasteiger partial charge in [0.2, 0.25) is 0 Å². The summed E-state index contributed by atoms with van der Waals surface area (Å²) in [7, 11) is -2.60. The van der Waals surface area contributed by atoms with Crippen LogP contribution in [0.3, 0.4) is 0 Å². The Morgan fingerprint density at radius 1 is 1.38 bits per heavy atom. The first-order valence-electron chi connectivity index (χ1n) is 5.02. The molecule has 16 heavy (non-hydrogen) atoms. The van der Waals surface area contributed by atoms with Crippen molar-refractivity contribution < 1.29 is 4.21 Å². The zero-order valence-corrected chi connectivity index (χ0v) is 9.38. The number of aromatic nitrogens is 1. The standard InChI is InChI=1S/C11H11N3OS/c12-8-3-5-14-9-1-2-10-7(11(8)9)4-6-16(10,13)15/h1-3,5,13H,4,6H2,(H2,12,14). The van der Waals surface area contributed by atoms with Gasteiger partial charge in [0, 0.05) is 23.0 Å².